The molecule has 1 aromatic heterocycles. The van der Waals surface area contributed by atoms with Crippen molar-refractivity contribution in [3.05, 3.63) is 70.4 Å². The molecule has 0 radical (unpaired) electrons. The number of aromatic nitrogens is 1. The van der Waals surface area contributed by atoms with E-state index in [4.69, 9.17) is 0 Å². The number of benzene rings is 1. The van der Waals surface area contributed by atoms with Gasteiger partial charge in [-0.15, -0.1) is 0 Å². The molecule has 4 heteroatoms. The van der Waals surface area contributed by atoms with Crippen LogP contribution in [-0.4, -0.2) is 3.97 Å². The third-order valence-electron chi connectivity index (χ3n) is 2.11. The number of hydrogen-bond donors (Lipinski definition) is 0. The van der Waals surface area contributed by atoms with Gasteiger partial charge in [0.05, 0.1) is 0 Å². The Labute approximate surface area is 96.9 Å². The molecular formula is C12H10FNOS. The van der Waals surface area contributed by atoms with Crippen LogP contribution in [0.1, 0.15) is 5.56 Å². The molecule has 0 aliphatic carbocycles. The first-order valence-electron chi connectivity index (χ1n) is 4.82. The maximum Gasteiger partial charge on any atom is 0.260 e. The molecule has 1 heterocycles. The van der Waals surface area contributed by atoms with Crippen LogP contribution in [0.25, 0.3) is 0 Å². The summed E-state index contributed by atoms with van der Waals surface area (Å²) in [6, 6.07) is 11.5. The molecule has 0 amide bonds. The number of hydrogen-bond acceptors (Lipinski definition) is 2. The molecule has 2 rings (SSSR count). The van der Waals surface area contributed by atoms with Crippen molar-refractivity contribution in [3.8, 4) is 0 Å². The van der Waals surface area contributed by atoms with Gasteiger partial charge in [0, 0.05) is 18.0 Å². The van der Waals surface area contributed by atoms with Crippen LogP contribution in [0.3, 0.4) is 0 Å². The molecule has 16 heavy (non-hydrogen) atoms. The lowest BCUT2D eigenvalue weighted by atomic mass is 10.2. The second kappa shape index (κ2) is 4.99. The zero-order valence-corrected chi connectivity index (χ0v) is 9.28. The van der Waals surface area contributed by atoms with Gasteiger partial charge in [-0.2, -0.15) is 0 Å². The highest BCUT2D eigenvalue weighted by atomic mass is 32.2. The average molecular weight is 235 g/mol. The predicted molar refractivity (Wildman–Crippen MR) is 63.8 cm³/mol. The van der Waals surface area contributed by atoms with E-state index in [2.05, 4.69) is 0 Å². The molecule has 0 atom stereocenters. The van der Waals surface area contributed by atoms with E-state index in [0.717, 1.165) is 0 Å². The topological polar surface area (TPSA) is 22.0 Å². The molecule has 0 spiro atoms. The van der Waals surface area contributed by atoms with Crippen LogP contribution in [0.2, 0.25) is 0 Å². The normalized spacial score (nSPS) is 10.3. The van der Waals surface area contributed by atoms with E-state index >= 15 is 0 Å². The van der Waals surface area contributed by atoms with Crippen LogP contribution in [-0.2, 0) is 5.75 Å². The van der Waals surface area contributed by atoms with Crippen LogP contribution >= 0.6 is 11.9 Å². The monoisotopic (exact) mass is 235 g/mol. The van der Waals surface area contributed by atoms with Gasteiger partial charge >= 0.3 is 0 Å². The quantitative estimate of drug-likeness (QED) is 0.816. The first-order valence-corrected chi connectivity index (χ1v) is 5.76. The van der Waals surface area contributed by atoms with Crippen molar-refractivity contribution in [2.24, 2.45) is 0 Å². The highest BCUT2D eigenvalue weighted by Crippen LogP contribution is 2.15. The fraction of sp³-hybridized carbons (Fsp3) is 0.0833. The summed E-state index contributed by atoms with van der Waals surface area (Å²) in [5.41, 5.74) is 0.507. The fourth-order valence-corrected chi connectivity index (χ4v) is 2.13. The summed E-state index contributed by atoms with van der Waals surface area (Å²) in [5.74, 6) is 0.204. The van der Waals surface area contributed by atoms with Crippen molar-refractivity contribution in [1.82, 2.24) is 3.97 Å². The summed E-state index contributed by atoms with van der Waals surface area (Å²) in [5, 5.41) is 0. The molecule has 0 aliphatic heterocycles. The summed E-state index contributed by atoms with van der Waals surface area (Å²) in [7, 11) is 0. The van der Waals surface area contributed by atoms with Crippen molar-refractivity contribution >= 4 is 11.9 Å². The lowest BCUT2D eigenvalue weighted by Crippen LogP contribution is -2.12. The van der Waals surface area contributed by atoms with Crippen molar-refractivity contribution in [3.63, 3.8) is 0 Å². The van der Waals surface area contributed by atoms with E-state index in [0.29, 0.717) is 11.3 Å². The largest absolute Gasteiger partial charge is 0.268 e. The Morgan fingerprint density at radius 3 is 2.62 bits per heavy atom. The number of rotatable bonds is 3. The molecule has 0 fully saturated rings. The van der Waals surface area contributed by atoms with Crippen molar-refractivity contribution in [2.45, 2.75) is 5.75 Å². The first-order chi connectivity index (χ1) is 7.77. The minimum atomic E-state index is -0.237. The van der Waals surface area contributed by atoms with E-state index in [9.17, 15) is 9.18 Å². The molecular weight excluding hydrogens is 225 g/mol. The molecule has 0 saturated carbocycles. The highest BCUT2D eigenvalue weighted by molar-refractivity contribution is 7.97. The van der Waals surface area contributed by atoms with Crippen LogP contribution in [0.5, 0.6) is 0 Å². The third kappa shape index (κ3) is 2.52. The molecule has 0 bridgehead atoms. The zero-order chi connectivity index (χ0) is 11.4. The van der Waals surface area contributed by atoms with Crippen molar-refractivity contribution < 1.29 is 4.39 Å². The van der Waals surface area contributed by atoms with Gasteiger partial charge in [-0.05, 0) is 29.6 Å². The standard InChI is InChI=1S/C12H10FNOS/c13-11-6-2-1-5-10(11)9-16-14-8-4-3-7-12(14)15/h1-8H,9H2. The van der Waals surface area contributed by atoms with E-state index in [1.54, 1.807) is 36.5 Å². The van der Waals surface area contributed by atoms with Crippen molar-refractivity contribution in [2.75, 3.05) is 0 Å². The third-order valence-corrected chi connectivity index (χ3v) is 3.13. The second-order valence-electron chi connectivity index (χ2n) is 3.23. The Hall–Kier alpha value is -1.55. The molecule has 2 nitrogen and oxygen atoms in total. The van der Waals surface area contributed by atoms with Gasteiger partial charge in [0.25, 0.3) is 5.56 Å². The minimum Gasteiger partial charge on any atom is -0.268 e. The summed E-state index contributed by atoms with van der Waals surface area (Å²) in [6.07, 6.45) is 1.67. The maximum atomic E-state index is 13.3. The molecule has 0 unspecified atom stereocenters. The number of halogens is 1. The Kier molecular flexibility index (Phi) is 3.41. The smallest absolute Gasteiger partial charge is 0.260 e. The minimum absolute atomic E-state index is 0.0937. The van der Waals surface area contributed by atoms with Crippen LogP contribution in [0, 0.1) is 5.82 Å². The Balaban J connectivity index is 2.12. The molecule has 0 aliphatic rings. The van der Waals surface area contributed by atoms with Crippen LogP contribution in [0.15, 0.2) is 53.5 Å². The Morgan fingerprint density at radius 2 is 1.88 bits per heavy atom. The summed E-state index contributed by atoms with van der Waals surface area (Å²) in [6.45, 7) is 0. The zero-order valence-electron chi connectivity index (χ0n) is 8.47. The van der Waals surface area contributed by atoms with Crippen LogP contribution in [0.4, 0.5) is 4.39 Å². The number of pyridine rings is 1. The van der Waals surface area contributed by atoms with E-state index in [-0.39, 0.29) is 11.4 Å². The van der Waals surface area contributed by atoms with Gasteiger partial charge in [0.2, 0.25) is 0 Å². The van der Waals surface area contributed by atoms with Gasteiger partial charge in [0.1, 0.15) is 5.82 Å². The highest BCUT2D eigenvalue weighted by Gasteiger charge is 2.01. The molecule has 0 saturated heterocycles. The summed E-state index contributed by atoms with van der Waals surface area (Å²) in [4.78, 5) is 11.4. The molecule has 82 valence electrons. The van der Waals surface area contributed by atoms with Gasteiger partial charge < -0.3 is 0 Å². The van der Waals surface area contributed by atoms with Gasteiger partial charge in [-0.25, -0.2) is 4.39 Å². The van der Waals surface area contributed by atoms with Gasteiger partial charge in [0.15, 0.2) is 0 Å². The summed E-state index contributed by atoms with van der Waals surface area (Å²) < 4.78 is 14.8. The van der Waals surface area contributed by atoms with Crippen molar-refractivity contribution in [1.29, 1.82) is 0 Å². The second-order valence-corrected chi connectivity index (χ2v) is 4.17. The maximum absolute atomic E-state index is 13.3. The molecule has 1 aromatic carbocycles. The van der Waals surface area contributed by atoms with E-state index < -0.39 is 0 Å². The van der Waals surface area contributed by atoms with Gasteiger partial charge in [-0.1, -0.05) is 24.3 Å². The average Bonchev–Trinajstić information content (AvgIpc) is 2.30. The summed E-state index contributed by atoms with van der Waals surface area (Å²) >= 11 is 1.28. The van der Waals surface area contributed by atoms with Gasteiger partial charge in [-0.3, -0.25) is 8.77 Å². The Morgan fingerprint density at radius 1 is 1.12 bits per heavy atom. The molecule has 2 aromatic rings. The molecule has 0 N–H and O–H groups in total. The predicted octanol–water partition coefficient (Wildman–Crippen LogP) is 2.68. The van der Waals surface area contributed by atoms with E-state index in [1.807, 2.05) is 0 Å². The van der Waals surface area contributed by atoms with Crippen LogP contribution < -0.4 is 5.56 Å². The lowest BCUT2D eigenvalue weighted by Gasteiger charge is -2.04. The fourth-order valence-electron chi connectivity index (χ4n) is 1.27. The first kappa shape index (κ1) is 11.0. The van der Waals surface area contributed by atoms with E-state index in [1.165, 1.54) is 28.1 Å². The SMILES string of the molecule is O=c1ccccn1SCc1ccccc1F. The Bertz CT molecular complexity index is 538. The number of nitrogens with zero attached hydrogens (tertiary/aromatic N) is 1. The lowest BCUT2D eigenvalue weighted by molar-refractivity contribution is 0.617.